The van der Waals surface area contributed by atoms with Crippen LogP contribution < -0.4 is 9.80 Å². The molecule has 0 saturated heterocycles. The number of carbonyl (C=O) groups is 1. The molecular formula is C15H18N4O2. The van der Waals surface area contributed by atoms with Gasteiger partial charge in [-0.3, -0.25) is 4.68 Å². The third kappa shape index (κ3) is 2.22. The van der Waals surface area contributed by atoms with Crippen LogP contribution in [-0.4, -0.2) is 48.0 Å². The van der Waals surface area contributed by atoms with Crippen LogP contribution in [0, 0.1) is 0 Å². The molecule has 0 atom stereocenters. The highest BCUT2D eigenvalue weighted by Crippen LogP contribution is 2.35. The summed E-state index contributed by atoms with van der Waals surface area (Å²) in [7, 11) is 5.91. The molecule has 1 aliphatic rings. The lowest BCUT2D eigenvalue weighted by atomic mass is 10.1. The zero-order valence-corrected chi connectivity index (χ0v) is 12.4. The molecule has 1 N–H and O–H groups in total. The van der Waals surface area contributed by atoms with E-state index < -0.39 is 5.97 Å². The molecule has 3 rings (SSSR count). The van der Waals surface area contributed by atoms with Crippen molar-refractivity contribution in [2.45, 2.75) is 0 Å². The number of nitrogens with zero attached hydrogens (tertiary/aromatic N) is 4. The zero-order valence-electron chi connectivity index (χ0n) is 12.4. The second kappa shape index (κ2) is 4.80. The van der Waals surface area contributed by atoms with Gasteiger partial charge in [-0.05, 0) is 18.2 Å². The second-order valence-electron chi connectivity index (χ2n) is 5.39. The van der Waals surface area contributed by atoms with E-state index in [1.165, 1.54) is 5.69 Å². The molecule has 0 fully saturated rings. The first-order chi connectivity index (χ1) is 9.97. The lowest BCUT2D eigenvalue weighted by Crippen LogP contribution is -2.36. The fourth-order valence-electron chi connectivity index (χ4n) is 2.69. The minimum atomic E-state index is -1.01. The average molecular weight is 286 g/mol. The third-order valence-corrected chi connectivity index (χ3v) is 3.96. The average Bonchev–Trinajstić information content (AvgIpc) is 2.85. The summed E-state index contributed by atoms with van der Waals surface area (Å²) in [5.41, 5.74) is 4.18. The quantitative estimate of drug-likeness (QED) is 0.910. The molecule has 0 aliphatic carbocycles. The molecule has 2 heterocycles. The summed E-state index contributed by atoms with van der Waals surface area (Å²) in [6.45, 7) is 1.97. The lowest BCUT2D eigenvalue weighted by molar-refractivity contribution is 0.0689. The number of benzene rings is 1. The van der Waals surface area contributed by atoms with Crippen LogP contribution in [0.25, 0.3) is 11.3 Å². The van der Waals surface area contributed by atoms with Gasteiger partial charge < -0.3 is 14.9 Å². The minimum absolute atomic E-state index is 0.0655. The van der Waals surface area contributed by atoms with Crippen LogP contribution in [0.3, 0.4) is 0 Å². The fourth-order valence-corrected chi connectivity index (χ4v) is 2.69. The minimum Gasteiger partial charge on any atom is -0.476 e. The predicted molar refractivity (Wildman–Crippen MR) is 82.1 cm³/mol. The van der Waals surface area contributed by atoms with Crippen molar-refractivity contribution in [2.24, 2.45) is 7.05 Å². The molecule has 1 aliphatic heterocycles. The Morgan fingerprint density at radius 2 is 1.76 bits per heavy atom. The SMILES string of the molecule is CN1CCN(C)c2cc(-c3cc(C(=O)O)nn3C)ccc21. The van der Waals surface area contributed by atoms with Crippen molar-refractivity contribution >= 4 is 17.3 Å². The van der Waals surface area contributed by atoms with Gasteiger partial charge in [-0.15, -0.1) is 0 Å². The van der Waals surface area contributed by atoms with Gasteiger partial charge in [-0.1, -0.05) is 6.07 Å². The summed E-state index contributed by atoms with van der Waals surface area (Å²) in [6, 6.07) is 7.79. The van der Waals surface area contributed by atoms with E-state index in [9.17, 15) is 4.79 Å². The first kappa shape index (κ1) is 13.5. The number of hydrogen-bond donors (Lipinski definition) is 1. The molecule has 0 spiro atoms. The van der Waals surface area contributed by atoms with Gasteiger partial charge in [0.15, 0.2) is 5.69 Å². The van der Waals surface area contributed by atoms with E-state index in [0.29, 0.717) is 0 Å². The molecule has 0 radical (unpaired) electrons. The van der Waals surface area contributed by atoms with Crippen LogP contribution in [0.2, 0.25) is 0 Å². The van der Waals surface area contributed by atoms with Gasteiger partial charge in [0, 0.05) is 39.8 Å². The first-order valence-electron chi connectivity index (χ1n) is 6.81. The maximum atomic E-state index is 11.0. The van der Waals surface area contributed by atoms with Crippen molar-refractivity contribution in [1.29, 1.82) is 0 Å². The fraction of sp³-hybridized carbons (Fsp3) is 0.333. The van der Waals surface area contributed by atoms with Crippen LogP contribution in [0.15, 0.2) is 24.3 Å². The van der Waals surface area contributed by atoms with Crippen LogP contribution in [0.4, 0.5) is 11.4 Å². The zero-order chi connectivity index (χ0) is 15.1. The molecule has 21 heavy (non-hydrogen) atoms. The van der Waals surface area contributed by atoms with Crippen molar-refractivity contribution < 1.29 is 9.90 Å². The van der Waals surface area contributed by atoms with E-state index in [1.54, 1.807) is 17.8 Å². The molecule has 1 aromatic heterocycles. The van der Waals surface area contributed by atoms with Crippen LogP contribution in [0.1, 0.15) is 10.5 Å². The van der Waals surface area contributed by atoms with Crippen molar-refractivity contribution in [3.63, 3.8) is 0 Å². The maximum Gasteiger partial charge on any atom is 0.356 e. The molecule has 0 unspecified atom stereocenters. The molecule has 6 nitrogen and oxygen atoms in total. The number of likely N-dealkylation sites (N-methyl/N-ethyl adjacent to an activating group) is 2. The van der Waals surface area contributed by atoms with Crippen molar-refractivity contribution in [1.82, 2.24) is 9.78 Å². The summed E-state index contributed by atoms with van der Waals surface area (Å²) < 4.78 is 1.61. The van der Waals surface area contributed by atoms with E-state index in [1.807, 2.05) is 6.07 Å². The highest BCUT2D eigenvalue weighted by Gasteiger charge is 2.19. The molecule has 1 aromatic carbocycles. The van der Waals surface area contributed by atoms with Crippen LogP contribution >= 0.6 is 0 Å². The predicted octanol–water partition coefficient (Wildman–Crippen LogP) is 1.67. The number of aromatic carboxylic acids is 1. The Kier molecular flexibility index (Phi) is 3.08. The van der Waals surface area contributed by atoms with Gasteiger partial charge in [0.2, 0.25) is 0 Å². The van der Waals surface area contributed by atoms with Crippen molar-refractivity contribution in [2.75, 3.05) is 37.0 Å². The monoisotopic (exact) mass is 286 g/mol. The second-order valence-corrected chi connectivity index (χ2v) is 5.39. The third-order valence-electron chi connectivity index (χ3n) is 3.96. The van der Waals surface area contributed by atoms with Crippen molar-refractivity contribution in [3.05, 3.63) is 30.0 Å². The Bertz CT molecular complexity index is 708. The van der Waals surface area contributed by atoms with Gasteiger partial charge in [-0.25, -0.2) is 4.79 Å². The molecule has 0 amide bonds. The maximum absolute atomic E-state index is 11.0. The summed E-state index contributed by atoms with van der Waals surface area (Å²) in [4.78, 5) is 15.5. The Morgan fingerprint density at radius 3 is 2.38 bits per heavy atom. The summed E-state index contributed by atoms with van der Waals surface area (Å²) >= 11 is 0. The Morgan fingerprint density at radius 1 is 1.10 bits per heavy atom. The van der Waals surface area contributed by atoms with Gasteiger partial charge >= 0.3 is 5.97 Å². The molecule has 6 heteroatoms. The van der Waals surface area contributed by atoms with E-state index in [2.05, 4.69) is 41.1 Å². The standard InChI is InChI=1S/C15H18N4O2/c1-17-6-7-18(2)14-8-10(4-5-12(14)17)13-9-11(15(20)21)16-19(13)3/h4-5,8-9H,6-7H2,1-3H3,(H,20,21). The number of carboxylic acids is 1. The van der Waals surface area contributed by atoms with Crippen LogP contribution in [-0.2, 0) is 7.05 Å². The molecule has 110 valence electrons. The smallest absolute Gasteiger partial charge is 0.356 e. The normalized spacial score (nSPS) is 14.2. The Balaban J connectivity index is 2.08. The van der Waals surface area contributed by atoms with E-state index in [0.717, 1.165) is 30.0 Å². The van der Waals surface area contributed by atoms with E-state index in [-0.39, 0.29) is 5.69 Å². The van der Waals surface area contributed by atoms with Crippen LogP contribution in [0.5, 0.6) is 0 Å². The number of carboxylic acid groups (broad SMARTS) is 1. The van der Waals surface area contributed by atoms with E-state index in [4.69, 9.17) is 5.11 Å². The summed E-state index contributed by atoms with van der Waals surface area (Å²) in [5, 5.41) is 13.1. The first-order valence-corrected chi connectivity index (χ1v) is 6.81. The number of anilines is 2. The number of aryl methyl sites for hydroxylation is 1. The van der Waals surface area contributed by atoms with Gasteiger partial charge in [0.25, 0.3) is 0 Å². The topological polar surface area (TPSA) is 61.6 Å². The summed E-state index contributed by atoms with van der Waals surface area (Å²) in [6.07, 6.45) is 0. The summed E-state index contributed by atoms with van der Waals surface area (Å²) in [5.74, 6) is -1.01. The molecular weight excluding hydrogens is 268 g/mol. The lowest BCUT2D eigenvalue weighted by Gasteiger charge is -2.35. The largest absolute Gasteiger partial charge is 0.476 e. The molecule has 2 aromatic rings. The van der Waals surface area contributed by atoms with Gasteiger partial charge in [-0.2, -0.15) is 5.10 Å². The molecule has 0 saturated carbocycles. The number of fused-ring (bicyclic) bond motifs is 1. The van der Waals surface area contributed by atoms with Crippen molar-refractivity contribution in [3.8, 4) is 11.3 Å². The highest BCUT2D eigenvalue weighted by molar-refractivity contribution is 5.87. The molecule has 0 bridgehead atoms. The number of aromatic nitrogens is 2. The number of hydrogen-bond acceptors (Lipinski definition) is 4. The van der Waals surface area contributed by atoms with Gasteiger partial charge in [0.1, 0.15) is 0 Å². The van der Waals surface area contributed by atoms with Gasteiger partial charge in [0.05, 0.1) is 17.1 Å². The highest BCUT2D eigenvalue weighted by atomic mass is 16.4. The Labute approximate surface area is 123 Å². The van der Waals surface area contributed by atoms with E-state index >= 15 is 0 Å². The Hall–Kier alpha value is -2.50. The number of rotatable bonds is 2.